The van der Waals surface area contributed by atoms with Gasteiger partial charge in [0, 0.05) is 12.6 Å². The van der Waals surface area contributed by atoms with Crippen LogP contribution in [-0.2, 0) is 11.2 Å². The lowest BCUT2D eigenvalue weighted by atomic mass is 9.98. The van der Waals surface area contributed by atoms with Gasteiger partial charge in [-0.25, -0.2) is 4.98 Å². The van der Waals surface area contributed by atoms with Crippen LogP contribution in [0.3, 0.4) is 0 Å². The Morgan fingerprint density at radius 3 is 2.84 bits per heavy atom. The van der Waals surface area contributed by atoms with E-state index in [9.17, 15) is 4.79 Å². The highest BCUT2D eigenvalue weighted by Crippen LogP contribution is 2.36. The van der Waals surface area contributed by atoms with Crippen LogP contribution in [0.15, 0.2) is 55.0 Å². The molecule has 1 heterocycles. The third-order valence-corrected chi connectivity index (χ3v) is 4.48. The monoisotopic (exact) mass is 329 g/mol. The lowest BCUT2D eigenvalue weighted by Crippen LogP contribution is -2.05. The molecule has 0 aliphatic heterocycles. The van der Waals surface area contributed by atoms with Gasteiger partial charge in [-0.15, -0.1) is 0 Å². The van der Waals surface area contributed by atoms with Gasteiger partial charge < -0.3 is 10.3 Å². The Morgan fingerprint density at radius 2 is 2.04 bits per heavy atom. The van der Waals surface area contributed by atoms with E-state index in [2.05, 4.69) is 45.6 Å². The minimum atomic E-state index is -0.0594. The first-order valence-electron chi connectivity index (χ1n) is 8.39. The zero-order valence-electron chi connectivity index (χ0n) is 14.0. The Balaban J connectivity index is 1.71. The predicted octanol–water partition coefficient (Wildman–Crippen LogP) is 4.52. The molecule has 0 saturated carbocycles. The number of hydrogen-bond acceptors (Lipinski definition) is 2. The molecule has 4 nitrogen and oxygen atoms in total. The zero-order valence-corrected chi connectivity index (χ0v) is 14.0. The van der Waals surface area contributed by atoms with E-state index in [0.29, 0.717) is 0 Å². The van der Waals surface area contributed by atoms with Gasteiger partial charge in [0.1, 0.15) is 0 Å². The average molecular weight is 329 g/mol. The molecule has 0 unspecified atom stereocenters. The molecule has 1 amide bonds. The fourth-order valence-electron chi connectivity index (χ4n) is 3.34. The quantitative estimate of drug-likeness (QED) is 0.742. The molecule has 4 rings (SSSR count). The number of amides is 1. The fraction of sp³-hybridized carbons (Fsp3) is 0.143. The molecule has 4 heteroatoms. The maximum atomic E-state index is 11.3. The summed E-state index contributed by atoms with van der Waals surface area (Å²) in [7, 11) is 0. The lowest BCUT2D eigenvalue weighted by Gasteiger charge is -2.09. The van der Waals surface area contributed by atoms with Crippen molar-refractivity contribution >= 4 is 23.2 Å². The van der Waals surface area contributed by atoms with Crippen molar-refractivity contribution in [2.45, 2.75) is 19.8 Å². The van der Waals surface area contributed by atoms with Crippen LogP contribution in [0.5, 0.6) is 0 Å². The van der Waals surface area contributed by atoms with Crippen LogP contribution in [0.25, 0.3) is 22.8 Å². The van der Waals surface area contributed by atoms with E-state index in [1.54, 1.807) is 6.33 Å². The highest BCUT2D eigenvalue weighted by Gasteiger charge is 2.17. The average Bonchev–Trinajstić information content (AvgIpc) is 3.25. The number of H-pyrrole nitrogens is 1. The topological polar surface area (TPSA) is 57.8 Å². The largest absolute Gasteiger partial charge is 0.345 e. The SMILES string of the molecule is CC(=O)Nc1cccc(-c2ccc3c(c2)/C(=C/c2cnc[nH]2)CC3)c1. The highest BCUT2D eigenvalue weighted by molar-refractivity contribution is 5.90. The van der Waals surface area contributed by atoms with Gasteiger partial charge in [-0.1, -0.05) is 24.3 Å². The Labute approximate surface area is 146 Å². The van der Waals surface area contributed by atoms with E-state index in [4.69, 9.17) is 0 Å². The van der Waals surface area contributed by atoms with Crippen LogP contribution in [0.1, 0.15) is 30.2 Å². The number of aryl methyl sites for hydroxylation is 1. The van der Waals surface area contributed by atoms with Gasteiger partial charge in [-0.05, 0) is 64.9 Å². The maximum Gasteiger partial charge on any atom is 0.221 e. The van der Waals surface area contributed by atoms with E-state index in [1.807, 2.05) is 24.4 Å². The molecule has 0 bridgehead atoms. The van der Waals surface area contributed by atoms with E-state index in [-0.39, 0.29) is 5.91 Å². The molecule has 1 aromatic heterocycles. The Hall–Kier alpha value is -3.14. The van der Waals surface area contributed by atoms with Crippen molar-refractivity contribution in [3.63, 3.8) is 0 Å². The molecule has 2 aromatic carbocycles. The Morgan fingerprint density at radius 1 is 1.16 bits per heavy atom. The second-order valence-electron chi connectivity index (χ2n) is 6.31. The van der Waals surface area contributed by atoms with Gasteiger partial charge in [0.2, 0.25) is 5.91 Å². The van der Waals surface area contributed by atoms with E-state index in [0.717, 1.165) is 35.3 Å². The number of nitrogens with one attached hydrogen (secondary N) is 2. The van der Waals surface area contributed by atoms with Crippen molar-refractivity contribution in [2.24, 2.45) is 0 Å². The molecule has 1 aliphatic rings. The highest BCUT2D eigenvalue weighted by atomic mass is 16.1. The van der Waals surface area contributed by atoms with E-state index < -0.39 is 0 Å². The number of aromatic nitrogens is 2. The van der Waals surface area contributed by atoms with Crippen LogP contribution in [0.4, 0.5) is 5.69 Å². The number of carbonyl (C=O) groups is 1. The second kappa shape index (κ2) is 6.40. The Kier molecular flexibility index (Phi) is 3.94. The number of carbonyl (C=O) groups excluding carboxylic acids is 1. The third kappa shape index (κ3) is 3.24. The van der Waals surface area contributed by atoms with Gasteiger partial charge in [-0.2, -0.15) is 0 Å². The van der Waals surface area contributed by atoms with Gasteiger partial charge in [0.25, 0.3) is 0 Å². The summed E-state index contributed by atoms with van der Waals surface area (Å²) in [5.41, 5.74) is 8.12. The van der Waals surface area contributed by atoms with Crippen molar-refractivity contribution in [3.8, 4) is 11.1 Å². The smallest absolute Gasteiger partial charge is 0.221 e. The molecular formula is C21H19N3O. The summed E-state index contributed by atoms with van der Waals surface area (Å²) < 4.78 is 0. The van der Waals surface area contributed by atoms with Crippen LogP contribution in [-0.4, -0.2) is 15.9 Å². The summed E-state index contributed by atoms with van der Waals surface area (Å²) >= 11 is 0. The number of benzene rings is 2. The number of hydrogen-bond donors (Lipinski definition) is 2. The van der Waals surface area contributed by atoms with Crippen molar-refractivity contribution < 1.29 is 4.79 Å². The van der Waals surface area contributed by atoms with Crippen LogP contribution in [0.2, 0.25) is 0 Å². The number of nitrogens with zero attached hydrogens (tertiary/aromatic N) is 1. The summed E-state index contributed by atoms with van der Waals surface area (Å²) in [5.74, 6) is -0.0594. The Bertz CT molecular complexity index is 955. The summed E-state index contributed by atoms with van der Waals surface area (Å²) in [6.07, 6.45) is 7.83. The number of allylic oxidation sites excluding steroid dienone is 1. The van der Waals surface area contributed by atoms with Crippen molar-refractivity contribution in [1.29, 1.82) is 0 Å². The normalized spacial score (nSPS) is 14.5. The molecule has 0 atom stereocenters. The molecule has 1 aliphatic carbocycles. The van der Waals surface area contributed by atoms with Crippen LogP contribution in [0, 0.1) is 0 Å². The summed E-state index contributed by atoms with van der Waals surface area (Å²) in [4.78, 5) is 18.5. The number of fused-ring (bicyclic) bond motifs is 1. The first-order chi connectivity index (χ1) is 12.2. The molecule has 124 valence electrons. The van der Waals surface area contributed by atoms with Crippen LogP contribution < -0.4 is 5.32 Å². The van der Waals surface area contributed by atoms with Crippen LogP contribution >= 0.6 is 0 Å². The minimum absolute atomic E-state index is 0.0594. The molecule has 3 aromatic rings. The number of rotatable bonds is 3. The summed E-state index contributed by atoms with van der Waals surface area (Å²) in [6, 6.07) is 14.6. The van der Waals surface area contributed by atoms with Gasteiger partial charge in [0.15, 0.2) is 0 Å². The third-order valence-electron chi connectivity index (χ3n) is 4.48. The van der Waals surface area contributed by atoms with E-state index in [1.165, 1.54) is 23.6 Å². The molecule has 25 heavy (non-hydrogen) atoms. The molecule has 2 N–H and O–H groups in total. The molecular weight excluding hydrogens is 310 g/mol. The van der Waals surface area contributed by atoms with Crippen molar-refractivity contribution in [3.05, 3.63) is 71.8 Å². The standard InChI is InChI=1S/C21H19N3O/c1-14(25)24-19-4-2-3-16(9-19)17-7-5-15-6-8-18(21(15)11-17)10-20-12-22-13-23-20/h2-5,7,9-13H,6,8H2,1H3,(H,22,23)(H,24,25)/b18-10+. The first-order valence-corrected chi connectivity index (χ1v) is 8.39. The zero-order chi connectivity index (χ0) is 17.2. The molecule has 0 spiro atoms. The van der Waals surface area contributed by atoms with Gasteiger partial charge in [-0.3, -0.25) is 4.79 Å². The maximum absolute atomic E-state index is 11.3. The lowest BCUT2D eigenvalue weighted by molar-refractivity contribution is -0.114. The summed E-state index contributed by atoms with van der Waals surface area (Å²) in [6.45, 7) is 1.52. The van der Waals surface area contributed by atoms with Gasteiger partial charge >= 0.3 is 0 Å². The van der Waals surface area contributed by atoms with E-state index >= 15 is 0 Å². The second-order valence-corrected chi connectivity index (χ2v) is 6.31. The number of aromatic amines is 1. The van der Waals surface area contributed by atoms with Gasteiger partial charge in [0.05, 0.1) is 18.2 Å². The molecule has 0 saturated heterocycles. The molecule has 0 fully saturated rings. The number of anilines is 1. The fourth-order valence-corrected chi connectivity index (χ4v) is 3.34. The molecule has 0 radical (unpaired) electrons. The van der Waals surface area contributed by atoms with Crippen molar-refractivity contribution in [1.82, 2.24) is 9.97 Å². The first kappa shape index (κ1) is 15.4. The predicted molar refractivity (Wildman–Crippen MR) is 101 cm³/mol. The number of imidazole rings is 1. The van der Waals surface area contributed by atoms with Crippen molar-refractivity contribution in [2.75, 3.05) is 5.32 Å². The summed E-state index contributed by atoms with van der Waals surface area (Å²) in [5, 5.41) is 2.84. The minimum Gasteiger partial charge on any atom is -0.345 e.